The van der Waals surface area contributed by atoms with E-state index in [0.717, 1.165) is 24.8 Å². The molecule has 1 aliphatic carbocycles. The molecule has 0 spiro atoms. The van der Waals surface area contributed by atoms with E-state index < -0.39 is 0 Å². The average Bonchev–Trinajstić information content (AvgIpc) is 2.07. The maximum atomic E-state index is 8.32. The minimum absolute atomic E-state index is 0.0289. The SMILES string of the molecule is C=CC.CC1=CCCCC1OO. The zero-order chi connectivity index (χ0) is 9.40. The lowest BCUT2D eigenvalue weighted by molar-refractivity contribution is -0.270. The topological polar surface area (TPSA) is 29.5 Å². The van der Waals surface area contributed by atoms with Crippen LogP contribution in [-0.4, -0.2) is 11.4 Å². The molecule has 0 saturated heterocycles. The van der Waals surface area contributed by atoms with Gasteiger partial charge in [0.1, 0.15) is 6.10 Å². The summed E-state index contributed by atoms with van der Waals surface area (Å²) in [7, 11) is 0. The second-order valence-corrected chi connectivity index (χ2v) is 2.88. The summed E-state index contributed by atoms with van der Waals surface area (Å²) in [5, 5.41) is 8.32. The van der Waals surface area contributed by atoms with E-state index in [1.54, 1.807) is 6.08 Å². The van der Waals surface area contributed by atoms with Crippen LogP contribution in [0.25, 0.3) is 0 Å². The molecule has 1 N–H and O–H groups in total. The molecule has 0 aromatic rings. The first kappa shape index (κ1) is 11.4. The highest BCUT2D eigenvalue weighted by molar-refractivity contribution is 5.07. The van der Waals surface area contributed by atoms with E-state index in [-0.39, 0.29) is 6.10 Å². The van der Waals surface area contributed by atoms with Gasteiger partial charge in [-0.05, 0) is 38.7 Å². The van der Waals surface area contributed by atoms with Crippen LogP contribution in [0.5, 0.6) is 0 Å². The third kappa shape index (κ3) is 4.31. The smallest absolute Gasteiger partial charge is 0.113 e. The molecule has 0 saturated carbocycles. The molecule has 12 heavy (non-hydrogen) atoms. The van der Waals surface area contributed by atoms with Crippen LogP contribution in [0.2, 0.25) is 0 Å². The first-order chi connectivity index (χ1) is 5.76. The molecule has 0 heterocycles. The van der Waals surface area contributed by atoms with Gasteiger partial charge in [0.05, 0.1) is 0 Å². The maximum absolute atomic E-state index is 8.32. The van der Waals surface area contributed by atoms with Gasteiger partial charge in [0.15, 0.2) is 0 Å². The first-order valence-corrected chi connectivity index (χ1v) is 4.30. The summed E-state index contributed by atoms with van der Waals surface area (Å²) in [5.41, 5.74) is 1.16. The Kier molecular flexibility index (Phi) is 6.72. The van der Waals surface area contributed by atoms with Gasteiger partial charge < -0.3 is 0 Å². The van der Waals surface area contributed by atoms with Gasteiger partial charge >= 0.3 is 0 Å². The molecule has 0 aliphatic heterocycles. The van der Waals surface area contributed by atoms with Gasteiger partial charge in [-0.15, -0.1) is 6.58 Å². The van der Waals surface area contributed by atoms with Crippen molar-refractivity contribution in [3.63, 3.8) is 0 Å². The lowest BCUT2D eigenvalue weighted by Gasteiger charge is -2.17. The molecule has 1 aliphatic rings. The van der Waals surface area contributed by atoms with Gasteiger partial charge in [-0.25, -0.2) is 4.89 Å². The fraction of sp³-hybridized carbons (Fsp3) is 0.600. The number of allylic oxidation sites excluding steroid dienone is 2. The number of hydrogen-bond donors (Lipinski definition) is 1. The Labute approximate surface area is 74.5 Å². The van der Waals surface area contributed by atoms with E-state index in [1.807, 2.05) is 13.8 Å². The lowest BCUT2D eigenvalue weighted by Crippen LogP contribution is -2.14. The second-order valence-electron chi connectivity index (χ2n) is 2.88. The monoisotopic (exact) mass is 170 g/mol. The molecule has 0 aromatic heterocycles. The van der Waals surface area contributed by atoms with Crippen LogP contribution in [0.15, 0.2) is 24.3 Å². The third-order valence-corrected chi connectivity index (χ3v) is 1.77. The molecule has 0 fully saturated rings. The molecule has 0 bridgehead atoms. The second kappa shape index (κ2) is 7.07. The highest BCUT2D eigenvalue weighted by Crippen LogP contribution is 2.19. The molecule has 0 amide bonds. The predicted molar refractivity (Wildman–Crippen MR) is 51.0 cm³/mol. The molecule has 0 radical (unpaired) electrons. The van der Waals surface area contributed by atoms with E-state index in [9.17, 15) is 0 Å². The summed E-state index contributed by atoms with van der Waals surface area (Å²) in [6.07, 6.45) is 7.05. The Hall–Kier alpha value is -0.600. The van der Waals surface area contributed by atoms with E-state index in [4.69, 9.17) is 5.26 Å². The Bertz CT molecular complexity index is 150. The van der Waals surface area contributed by atoms with Crippen LogP contribution < -0.4 is 0 Å². The fourth-order valence-electron chi connectivity index (χ4n) is 1.13. The van der Waals surface area contributed by atoms with Crippen molar-refractivity contribution in [1.29, 1.82) is 0 Å². The molecule has 1 rings (SSSR count). The standard InChI is InChI=1S/C7H12O2.C3H6/c1-6-4-2-3-5-7(6)9-8;1-3-2/h4,7-8H,2-3,5H2,1H3;3H,1H2,2H3. The molecular formula is C10H18O2. The highest BCUT2D eigenvalue weighted by atomic mass is 17.1. The van der Waals surface area contributed by atoms with Gasteiger partial charge in [0, 0.05) is 0 Å². The summed E-state index contributed by atoms with van der Waals surface area (Å²) in [4.78, 5) is 4.24. The zero-order valence-corrected chi connectivity index (χ0v) is 7.92. The Balaban J connectivity index is 0.000000354. The van der Waals surface area contributed by atoms with Crippen molar-refractivity contribution in [3.05, 3.63) is 24.3 Å². The van der Waals surface area contributed by atoms with Crippen molar-refractivity contribution in [3.8, 4) is 0 Å². The number of hydrogen-bond acceptors (Lipinski definition) is 2. The van der Waals surface area contributed by atoms with Crippen molar-refractivity contribution in [2.24, 2.45) is 0 Å². The normalized spacial score (nSPS) is 21.9. The fourth-order valence-corrected chi connectivity index (χ4v) is 1.13. The van der Waals surface area contributed by atoms with Gasteiger partial charge in [-0.2, -0.15) is 0 Å². The minimum Gasteiger partial charge on any atom is -0.251 e. The molecular weight excluding hydrogens is 152 g/mol. The summed E-state index contributed by atoms with van der Waals surface area (Å²) >= 11 is 0. The predicted octanol–water partition coefficient (Wildman–Crippen LogP) is 3.17. The van der Waals surface area contributed by atoms with Crippen LogP contribution in [0.3, 0.4) is 0 Å². The largest absolute Gasteiger partial charge is 0.251 e. The van der Waals surface area contributed by atoms with Gasteiger partial charge in [-0.3, -0.25) is 5.26 Å². The molecule has 2 heteroatoms. The van der Waals surface area contributed by atoms with Crippen LogP contribution in [0.4, 0.5) is 0 Å². The Morgan fingerprint density at radius 3 is 2.67 bits per heavy atom. The quantitative estimate of drug-likeness (QED) is 0.372. The van der Waals surface area contributed by atoms with E-state index in [1.165, 1.54) is 0 Å². The van der Waals surface area contributed by atoms with Crippen molar-refractivity contribution in [2.75, 3.05) is 0 Å². The first-order valence-electron chi connectivity index (χ1n) is 4.30. The third-order valence-electron chi connectivity index (χ3n) is 1.77. The zero-order valence-electron chi connectivity index (χ0n) is 7.92. The van der Waals surface area contributed by atoms with Crippen LogP contribution >= 0.6 is 0 Å². The number of rotatable bonds is 1. The van der Waals surface area contributed by atoms with E-state index in [2.05, 4.69) is 17.5 Å². The van der Waals surface area contributed by atoms with E-state index in [0.29, 0.717) is 0 Å². The maximum Gasteiger partial charge on any atom is 0.113 e. The van der Waals surface area contributed by atoms with Crippen LogP contribution in [0, 0.1) is 0 Å². The van der Waals surface area contributed by atoms with Crippen molar-refractivity contribution < 1.29 is 10.1 Å². The lowest BCUT2D eigenvalue weighted by atomic mass is 9.98. The molecule has 0 aromatic carbocycles. The summed E-state index contributed by atoms with van der Waals surface area (Å²) < 4.78 is 0. The molecule has 70 valence electrons. The van der Waals surface area contributed by atoms with E-state index >= 15 is 0 Å². The van der Waals surface area contributed by atoms with Gasteiger partial charge in [-0.1, -0.05) is 12.2 Å². The summed E-state index contributed by atoms with van der Waals surface area (Å²) in [6.45, 7) is 7.24. The van der Waals surface area contributed by atoms with Gasteiger partial charge in [0.25, 0.3) is 0 Å². The Morgan fingerprint density at radius 1 is 1.75 bits per heavy atom. The van der Waals surface area contributed by atoms with Crippen LogP contribution in [-0.2, 0) is 4.89 Å². The van der Waals surface area contributed by atoms with Gasteiger partial charge in [0.2, 0.25) is 0 Å². The van der Waals surface area contributed by atoms with Crippen molar-refractivity contribution >= 4 is 0 Å². The Morgan fingerprint density at radius 2 is 2.33 bits per heavy atom. The molecule has 1 atom stereocenters. The summed E-state index contributed by atoms with van der Waals surface area (Å²) in [5.74, 6) is 0. The molecule has 2 nitrogen and oxygen atoms in total. The van der Waals surface area contributed by atoms with Crippen molar-refractivity contribution in [1.82, 2.24) is 0 Å². The molecule has 1 unspecified atom stereocenters. The van der Waals surface area contributed by atoms with Crippen LogP contribution in [0.1, 0.15) is 33.1 Å². The minimum atomic E-state index is -0.0289. The highest BCUT2D eigenvalue weighted by Gasteiger charge is 2.13. The average molecular weight is 170 g/mol. The van der Waals surface area contributed by atoms with Crippen molar-refractivity contribution in [2.45, 2.75) is 39.2 Å². The summed E-state index contributed by atoms with van der Waals surface area (Å²) in [6, 6.07) is 0.